The quantitative estimate of drug-likeness (QED) is 0.594. The maximum Gasteiger partial charge on any atom is 0.335 e. The van der Waals surface area contributed by atoms with Gasteiger partial charge in [-0.25, -0.2) is 14.8 Å². The van der Waals surface area contributed by atoms with Crippen molar-refractivity contribution in [3.05, 3.63) is 84.4 Å². The minimum atomic E-state index is -0.985. The standard InChI is InChI=1S/C21H14N2O2/c24-21(25)16-12-19(14-6-2-1-3-7-14)23-20(13-16)18-11-10-15-8-4-5-9-17(15)22-18/h1-13H,(H,24,25). The Labute approximate surface area is 144 Å². The van der Waals surface area contributed by atoms with Gasteiger partial charge in [0.25, 0.3) is 0 Å². The molecule has 0 amide bonds. The van der Waals surface area contributed by atoms with Crippen LogP contribution in [0.25, 0.3) is 33.5 Å². The molecule has 0 bridgehead atoms. The Balaban J connectivity index is 1.90. The van der Waals surface area contributed by atoms with Crippen molar-refractivity contribution in [2.45, 2.75) is 0 Å². The number of carboxylic acids is 1. The van der Waals surface area contributed by atoms with Gasteiger partial charge in [0.15, 0.2) is 0 Å². The molecule has 2 heterocycles. The molecule has 4 rings (SSSR count). The molecule has 1 N–H and O–H groups in total. The van der Waals surface area contributed by atoms with Crippen LogP contribution in [-0.2, 0) is 0 Å². The Morgan fingerprint density at radius 1 is 0.720 bits per heavy atom. The van der Waals surface area contributed by atoms with Gasteiger partial charge in [-0.1, -0.05) is 54.6 Å². The van der Waals surface area contributed by atoms with Crippen LogP contribution in [0.3, 0.4) is 0 Å². The second-order valence-electron chi connectivity index (χ2n) is 5.69. The summed E-state index contributed by atoms with van der Waals surface area (Å²) in [7, 11) is 0. The van der Waals surface area contributed by atoms with Crippen molar-refractivity contribution < 1.29 is 9.90 Å². The molecule has 0 aliphatic carbocycles. The number of carbonyl (C=O) groups is 1. The van der Waals surface area contributed by atoms with Gasteiger partial charge in [-0.2, -0.15) is 0 Å². The van der Waals surface area contributed by atoms with E-state index in [1.165, 1.54) is 0 Å². The van der Waals surface area contributed by atoms with Crippen molar-refractivity contribution in [1.82, 2.24) is 9.97 Å². The summed E-state index contributed by atoms with van der Waals surface area (Å²) < 4.78 is 0. The molecule has 0 atom stereocenters. The number of benzene rings is 2. The normalized spacial score (nSPS) is 10.7. The number of rotatable bonds is 3. The van der Waals surface area contributed by atoms with Crippen LogP contribution in [0.2, 0.25) is 0 Å². The van der Waals surface area contributed by atoms with Gasteiger partial charge in [0.05, 0.1) is 28.2 Å². The Bertz CT molecular complexity index is 1080. The predicted octanol–water partition coefficient (Wildman–Crippen LogP) is 4.66. The van der Waals surface area contributed by atoms with Gasteiger partial charge in [-0.3, -0.25) is 0 Å². The fraction of sp³-hybridized carbons (Fsp3) is 0. The van der Waals surface area contributed by atoms with Crippen LogP contribution in [0.15, 0.2) is 78.9 Å². The van der Waals surface area contributed by atoms with E-state index in [1.54, 1.807) is 12.1 Å². The summed E-state index contributed by atoms with van der Waals surface area (Å²) in [6.07, 6.45) is 0. The molecule has 0 fully saturated rings. The molecule has 0 aliphatic heterocycles. The average Bonchev–Trinajstić information content (AvgIpc) is 2.68. The zero-order chi connectivity index (χ0) is 17.2. The van der Waals surface area contributed by atoms with Crippen LogP contribution in [-0.4, -0.2) is 21.0 Å². The molecular weight excluding hydrogens is 312 g/mol. The summed E-state index contributed by atoms with van der Waals surface area (Å²) in [5.74, 6) is -0.985. The summed E-state index contributed by atoms with van der Waals surface area (Å²) >= 11 is 0. The van der Waals surface area contributed by atoms with Gasteiger partial charge in [-0.15, -0.1) is 0 Å². The number of aromatic nitrogens is 2. The van der Waals surface area contributed by atoms with Gasteiger partial charge in [0.1, 0.15) is 0 Å². The molecule has 25 heavy (non-hydrogen) atoms. The van der Waals surface area contributed by atoms with Crippen LogP contribution < -0.4 is 0 Å². The van der Waals surface area contributed by atoms with Gasteiger partial charge in [0, 0.05) is 10.9 Å². The van der Waals surface area contributed by atoms with E-state index in [0.29, 0.717) is 17.1 Å². The molecule has 0 spiro atoms. The molecule has 4 nitrogen and oxygen atoms in total. The fourth-order valence-electron chi connectivity index (χ4n) is 2.75. The lowest BCUT2D eigenvalue weighted by molar-refractivity contribution is 0.0697. The lowest BCUT2D eigenvalue weighted by atomic mass is 10.1. The lowest BCUT2D eigenvalue weighted by Crippen LogP contribution is -2.00. The topological polar surface area (TPSA) is 63.1 Å². The number of hydrogen-bond donors (Lipinski definition) is 1. The van der Waals surface area contributed by atoms with E-state index < -0.39 is 5.97 Å². The monoisotopic (exact) mass is 326 g/mol. The third-order valence-electron chi connectivity index (χ3n) is 4.00. The Morgan fingerprint density at radius 3 is 2.24 bits per heavy atom. The van der Waals surface area contributed by atoms with Crippen LogP contribution >= 0.6 is 0 Å². The summed E-state index contributed by atoms with van der Waals surface area (Å²) in [6, 6.07) is 24.3. The minimum Gasteiger partial charge on any atom is -0.478 e. The third-order valence-corrected chi connectivity index (χ3v) is 4.00. The first-order chi connectivity index (χ1) is 12.2. The number of pyridine rings is 2. The molecule has 4 aromatic rings. The van der Waals surface area contributed by atoms with Gasteiger partial charge < -0.3 is 5.11 Å². The van der Waals surface area contributed by atoms with Crippen molar-refractivity contribution >= 4 is 16.9 Å². The molecule has 120 valence electrons. The molecule has 0 saturated heterocycles. The van der Waals surface area contributed by atoms with E-state index >= 15 is 0 Å². The number of fused-ring (bicyclic) bond motifs is 1. The number of hydrogen-bond acceptors (Lipinski definition) is 3. The molecular formula is C21H14N2O2. The summed E-state index contributed by atoms with van der Waals surface area (Å²) in [6.45, 7) is 0. The highest BCUT2D eigenvalue weighted by molar-refractivity contribution is 5.91. The Hall–Kier alpha value is -3.53. The first kappa shape index (κ1) is 15.0. The van der Waals surface area contributed by atoms with Crippen molar-refractivity contribution in [2.24, 2.45) is 0 Å². The zero-order valence-electron chi connectivity index (χ0n) is 13.3. The summed E-state index contributed by atoms with van der Waals surface area (Å²) in [5.41, 5.74) is 3.73. The number of para-hydroxylation sites is 1. The molecule has 0 unspecified atom stereocenters. The van der Waals surface area contributed by atoms with Crippen LogP contribution in [0.1, 0.15) is 10.4 Å². The summed E-state index contributed by atoms with van der Waals surface area (Å²) in [4.78, 5) is 20.8. The first-order valence-electron chi connectivity index (χ1n) is 7.88. The number of aromatic carboxylic acids is 1. The molecule has 2 aromatic heterocycles. The van der Waals surface area contributed by atoms with Gasteiger partial charge in [-0.05, 0) is 24.3 Å². The van der Waals surface area contributed by atoms with E-state index in [1.807, 2.05) is 66.7 Å². The third kappa shape index (κ3) is 2.97. The molecule has 0 radical (unpaired) electrons. The predicted molar refractivity (Wildman–Crippen MR) is 97.4 cm³/mol. The largest absolute Gasteiger partial charge is 0.478 e. The van der Waals surface area contributed by atoms with Crippen LogP contribution in [0, 0.1) is 0 Å². The van der Waals surface area contributed by atoms with E-state index in [9.17, 15) is 9.90 Å². The average molecular weight is 326 g/mol. The Kier molecular flexibility index (Phi) is 3.71. The number of nitrogens with zero attached hydrogens (tertiary/aromatic N) is 2. The zero-order valence-corrected chi connectivity index (χ0v) is 13.3. The van der Waals surface area contributed by atoms with Crippen molar-refractivity contribution in [3.8, 4) is 22.6 Å². The van der Waals surface area contributed by atoms with E-state index in [2.05, 4.69) is 9.97 Å². The highest BCUT2D eigenvalue weighted by atomic mass is 16.4. The molecule has 0 saturated carbocycles. The van der Waals surface area contributed by atoms with Gasteiger partial charge in [0.2, 0.25) is 0 Å². The lowest BCUT2D eigenvalue weighted by Gasteiger charge is -2.08. The van der Waals surface area contributed by atoms with Gasteiger partial charge >= 0.3 is 5.97 Å². The highest BCUT2D eigenvalue weighted by Gasteiger charge is 2.12. The summed E-state index contributed by atoms with van der Waals surface area (Å²) in [5, 5.41) is 10.5. The smallest absolute Gasteiger partial charge is 0.335 e. The second kappa shape index (κ2) is 6.17. The fourth-order valence-corrected chi connectivity index (χ4v) is 2.75. The maximum atomic E-state index is 11.5. The second-order valence-corrected chi connectivity index (χ2v) is 5.69. The van der Waals surface area contributed by atoms with Crippen molar-refractivity contribution in [3.63, 3.8) is 0 Å². The number of carboxylic acid groups (broad SMARTS) is 1. The molecule has 2 aromatic carbocycles. The van der Waals surface area contributed by atoms with Crippen LogP contribution in [0.5, 0.6) is 0 Å². The molecule has 4 heteroatoms. The minimum absolute atomic E-state index is 0.193. The molecule has 0 aliphatic rings. The van der Waals surface area contributed by atoms with E-state index in [4.69, 9.17) is 0 Å². The Morgan fingerprint density at radius 2 is 1.44 bits per heavy atom. The van der Waals surface area contributed by atoms with Crippen molar-refractivity contribution in [2.75, 3.05) is 0 Å². The van der Waals surface area contributed by atoms with Crippen LogP contribution in [0.4, 0.5) is 0 Å². The van der Waals surface area contributed by atoms with E-state index in [0.717, 1.165) is 16.5 Å². The van der Waals surface area contributed by atoms with E-state index in [-0.39, 0.29) is 5.56 Å². The SMILES string of the molecule is O=C(O)c1cc(-c2ccccc2)nc(-c2ccc3ccccc3n2)c1. The van der Waals surface area contributed by atoms with Crippen molar-refractivity contribution in [1.29, 1.82) is 0 Å². The highest BCUT2D eigenvalue weighted by Crippen LogP contribution is 2.25. The maximum absolute atomic E-state index is 11.5. The first-order valence-corrected chi connectivity index (χ1v) is 7.88.